The van der Waals surface area contributed by atoms with Crippen molar-refractivity contribution in [3.05, 3.63) is 65.0 Å². The second-order valence-corrected chi connectivity index (χ2v) is 5.41. The predicted molar refractivity (Wildman–Crippen MR) is 85.1 cm³/mol. The largest absolute Gasteiger partial charge is 0.336 e. The minimum Gasteiger partial charge on any atom is -0.336 e. The lowest BCUT2D eigenvalue weighted by atomic mass is 10.1. The fourth-order valence-electron chi connectivity index (χ4n) is 2.51. The highest BCUT2D eigenvalue weighted by Crippen LogP contribution is 2.22. The quantitative estimate of drug-likeness (QED) is 0.647. The molecule has 0 aliphatic carbocycles. The van der Waals surface area contributed by atoms with Crippen LogP contribution < -0.4 is 10.6 Å². The molecular formula is C17H12F3N3O3. The predicted octanol–water partition coefficient (Wildman–Crippen LogP) is 2.52. The van der Waals surface area contributed by atoms with Crippen LogP contribution in [-0.2, 0) is 0 Å². The minimum absolute atomic E-state index is 0.0972. The molecule has 2 N–H and O–H groups in total. The highest BCUT2D eigenvalue weighted by atomic mass is 19.2. The maximum atomic E-state index is 13.5. The second-order valence-electron chi connectivity index (χ2n) is 5.41. The van der Waals surface area contributed by atoms with Gasteiger partial charge in [-0.15, -0.1) is 0 Å². The summed E-state index contributed by atoms with van der Waals surface area (Å²) in [6.45, 7) is -0.206. The molecule has 6 nitrogen and oxygen atoms in total. The zero-order chi connectivity index (χ0) is 18.8. The van der Waals surface area contributed by atoms with E-state index in [1.54, 1.807) is 12.1 Å². The Morgan fingerprint density at radius 1 is 0.923 bits per heavy atom. The fourth-order valence-corrected chi connectivity index (χ4v) is 2.51. The number of hydrogen-bond donors (Lipinski definition) is 2. The number of carbonyl (C=O) groups excluding carboxylic acids is 3. The minimum atomic E-state index is -1.70. The van der Waals surface area contributed by atoms with E-state index in [2.05, 4.69) is 5.32 Å². The molecule has 2 aromatic carbocycles. The Balaban J connectivity index is 1.56. The van der Waals surface area contributed by atoms with E-state index < -0.39 is 41.0 Å². The molecule has 0 saturated heterocycles. The van der Waals surface area contributed by atoms with Crippen LogP contribution in [0.5, 0.6) is 0 Å². The van der Waals surface area contributed by atoms with E-state index in [0.29, 0.717) is 6.07 Å². The first-order valence-electron chi connectivity index (χ1n) is 7.53. The van der Waals surface area contributed by atoms with Gasteiger partial charge in [-0.1, -0.05) is 12.1 Å². The number of halogens is 3. The Hall–Kier alpha value is -3.36. The van der Waals surface area contributed by atoms with Gasteiger partial charge in [0.1, 0.15) is 0 Å². The third-order valence-electron chi connectivity index (χ3n) is 3.78. The molecule has 0 atom stereocenters. The number of rotatable bonds is 4. The highest BCUT2D eigenvalue weighted by molar-refractivity contribution is 6.21. The summed E-state index contributed by atoms with van der Waals surface area (Å²) in [4.78, 5) is 37.0. The second kappa shape index (κ2) is 6.87. The molecule has 0 saturated carbocycles. The van der Waals surface area contributed by atoms with E-state index >= 15 is 0 Å². The molecule has 9 heteroatoms. The van der Waals surface area contributed by atoms with E-state index in [1.807, 2.05) is 5.32 Å². The van der Waals surface area contributed by atoms with Crippen LogP contribution in [0.4, 0.5) is 23.7 Å². The van der Waals surface area contributed by atoms with E-state index in [9.17, 15) is 27.6 Å². The molecular weight excluding hydrogens is 351 g/mol. The zero-order valence-electron chi connectivity index (χ0n) is 13.2. The third-order valence-corrected chi connectivity index (χ3v) is 3.78. The van der Waals surface area contributed by atoms with Crippen LogP contribution >= 0.6 is 0 Å². The van der Waals surface area contributed by atoms with Gasteiger partial charge in [0.05, 0.1) is 16.8 Å². The standard InChI is InChI=1S/C17H12F3N3O3/c18-11-5-6-12(14(20)13(11)19)22-17(26)21-7-8-23-15(24)9-3-1-2-4-10(9)16(23)25/h1-6H,7-8H2,(H2,21,22,26). The Morgan fingerprint density at radius 3 is 2.15 bits per heavy atom. The number of nitrogens with zero attached hydrogens (tertiary/aromatic N) is 1. The first-order chi connectivity index (χ1) is 12.4. The molecule has 1 aliphatic rings. The molecule has 134 valence electrons. The molecule has 2 aromatic rings. The molecule has 26 heavy (non-hydrogen) atoms. The lowest BCUT2D eigenvalue weighted by Crippen LogP contribution is -2.39. The monoisotopic (exact) mass is 363 g/mol. The van der Waals surface area contributed by atoms with Gasteiger partial charge in [-0.3, -0.25) is 14.5 Å². The number of imide groups is 1. The van der Waals surface area contributed by atoms with E-state index in [-0.39, 0.29) is 24.2 Å². The first-order valence-corrected chi connectivity index (χ1v) is 7.53. The molecule has 0 aromatic heterocycles. The summed E-state index contributed by atoms with van der Waals surface area (Å²) in [6.07, 6.45) is 0. The number of urea groups is 1. The number of benzene rings is 2. The van der Waals surface area contributed by atoms with Crippen molar-refractivity contribution in [2.75, 3.05) is 18.4 Å². The van der Waals surface area contributed by atoms with Gasteiger partial charge in [-0.25, -0.2) is 18.0 Å². The summed E-state index contributed by atoms with van der Waals surface area (Å²) in [7, 11) is 0. The zero-order valence-corrected chi connectivity index (χ0v) is 13.2. The Morgan fingerprint density at radius 2 is 1.54 bits per heavy atom. The van der Waals surface area contributed by atoms with Crippen molar-refractivity contribution in [3.63, 3.8) is 0 Å². The van der Waals surface area contributed by atoms with Gasteiger partial charge >= 0.3 is 6.03 Å². The molecule has 0 fully saturated rings. The molecule has 0 radical (unpaired) electrons. The maximum Gasteiger partial charge on any atom is 0.319 e. The summed E-state index contributed by atoms with van der Waals surface area (Å²) in [5, 5.41) is 4.33. The van der Waals surface area contributed by atoms with Crippen LogP contribution in [0.15, 0.2) is 36.4 Å². The average Bonchev–Trinajstić information content (AvgIpc) is 2.87. The van der Waals surface area contributed by atoms with Crippen molar-refractivity contribution >= 4 is 23.5 Å². The number of nitrogens with one attached hydrogen (secondary N) is 2. The molecule has 3 rings (SSSR count). The Kier molecular flexibility index (Phi) is 4.61. The molecule has 1 heterocycles. The number of carbonyl (C=O) groups is 3. The lowest BCUT2D eigenvalue weighted by Gasteiger charge is -2.14. The van der Waals surface area contributed by atoms with Gasteiger partial charge in [0.15, 0.2) is 17.5 Å². The summed E-state index contributed by atoms with van der Waals surface area (Å²) in [5.41, 5.74) is 0.0266. The fraction of sp³-hybridized carbons (Fsp3) is 0.118. The van der Waals surface area contributed by atoms with Crippen molar-refractivity contribution in [1.29, 1.82) is 0 Å². The van der Waals surface area contributed by atoms with Gasteiger partial charge in [-0.2, -0.15) is 0 Å². The van der Waals surface area contributed by atoms with E-state index in [1.165, 1.54) is 12.1 Å². The molecule has 0 spiro atoms. The highest BCUT2D eigenvalue weighted by Gasteiger charge is 2.34. The number of anilines is 1. The van der Waals surface area contributed by atoms with Crippen LogP contribution in [-0.4, -0.2) is 35.8 Å². The van der Waals surface area contributed by atoms with Crippen LogP contribution in [0.3, 0.4) is 0 Å². The third kappa shape index (κ3) is 3.10. The SMILES string of the molecule is O=C(NCCN1C(=O)c2ccccc2C1=O)Nc1ccc(F)c(F)c1F. The van der Waals surface area contributed by atoms with Crippen molar-refractivity contribution in [3.8, 4) is 0 Å². The topological polar surface area (TPSA) is 78.5 Å². The first kappa shape index (κ1) is 17.5. The van der Waals surface area contributed by atoms with Crippen LogP contribution in [0.2, 0.25) is 0 Å². The number of amides is 4. The lowest BCUT2D eigenvalue weighted by molar-refractivity contribution is 0.0656. The molecule has 0 bridgehead atoms. The van der Waals surface area contributed by atoms with Gasteiger partial charge in [-0.05, 0) is 24.3 Å². The normalized spacial score (nSPS) is 13.0. The molecule has 4 amide bonds. The molecule has 1 aliphatic heterocycles. The maximum absolute atomic E-state index is 13.5. The van der Waals surface area contributed by atoms with Gasteiger partial charge in [0.2, 0.25) is 0 Å². The molecule has 0 unspecified atom stereocenters. The van der Waals surface area contributed by atoms with Gasteiger partial charge in [0.25, 0.3) is 11.8 Å². The summed E-state index contributed by atoms with van der Waals surface area (Å²) in [6, 6.07) is 6.98. The van der Waals surface area contributed by atoms with Crippen molar-refractivity contribution in [2.45, 2.75) is 0 Å². The average molecular weight is 363 g/mol. The van der Waals surface area contributed by atoms with Gasteiger partial charge < -0.3 is 10.6 Å². The van der Waals surface area contributed by atoms with Crippen molar-refractivity contribution in [2.24, 2.45) is 0 Å². The summed E-state index contributed by atoms with van der Waals surface area (Å²) >= 11 is 0. The van der Waals surface area contributed by atoms with Crippen LogP contribution in [0.1, 0.15) is 20.7 Å². The van der Waals surface area contributed by atoms with E-state index in [4.69, 9.17) is 0 Å². The van der Waals surface area contributed by atoms with Crippen molar-refractivity contribution in [1.82, 2.24) is 10.2 Å². The Bertz CT molecular complexity index is 882. The van der Waals surface area contributed by atoms with Crippen LogP contribution in [0, 0.1) is 17.5 Å². The van der Waals surface area contributed by atoms with Crippen molar-refractivity contribution < 1.29 is 27.6 Å². The summed E-state index contributed by atoms with van der Waals surface area (Å²) in [5.74, 6) is -5.55. The van der Waals surface area contributed by atoms with Crippen LogP contribution in [0.25, 0.3) is 0 Å². The Labute approximate surface area is 145 Å². The number of fused-ring (bicyclic) bond motifs is 1. The van der Waals surface area contributed by atoms with Gasteiger partial charge in [0, 0.05) is 13.1 Å². The van der Waals surface area contributed by atoms with E-state index in [0.717, 1.165) is 11.0 Å². The smallest absolute Gasteiger partial charge is 0.319 e. The summed E-state index contributed by atoms with van der Waals surface area (Å²) < 4.78 is 39.4. The number of hydrogen-bond acceptors (Lipinski definition) is 3.